The van der Waals surface area contributed by atoms with Crippen LogP contribution in [0.5, 0.6) is 0 Å². The zero-order valence-electron chi connectivity index (χ0n) is 19.6. The topological polar surface area (TPSA) is 138 Å². The number of rotatable bonds is 10. The number of amides is 1. The van der Waals surface area contributed by atoms with Crippen LogP contribution in [0.2, 0.25) is 0 Å². The lowest BCUT2D eigenvalue weighted by molar-refractivity contribution is -0.384. The number of non-ortho nitro benzene ring substituents is 1. The lowest BCUT2D eigenvalue weighted by atomic mass is 9.93. The number of unbranched alkanes of at least 4 members (excludes halogenated alkanes) is 2. The average molecular weight is 481 g/mol. The van der Waals surface area contributed by atoms with Gasteiger partial charge in [0.2, 0.25) is 0 Å². The van der Waals surface area contributed by atoms with Gasteiger partial charge in [0.1, 0.15) is 5.76 Å². The Balaban J connectivity index is 2.00. The van der Waals surface area contributed by atoms with E-state index in [9.17, 15) is 29.6 Å². The molecule has 0 bridgehead atoms. The number of ketones is 1. The van der Waals surface area contributed by atoms with Crippen LogP contribution in [-0.4, -0.2) is 44.2 Å². The molecule has 1 saturated heterocycles. The van der Waals surface area contributed by atoms with Crippen molar-refractivity contribution in [2.45, 2.75) is 51.5 Å². The summed E-state index contributed by atoms with van der Waals surface area (Å²) in [6.07, 6.45) is 1.55. The molecular formula is C26H28N2O7. The maximum atomic E-state index is 13.0. The number of benzene rings is 2. The Labute approximate surface area is 202 Å². The molecule has 1 atom stereocenters. The number of Topliss-reactive ketones (excluding diaryl/α,β-unsaturated/α-hetero) is 1. The van der Waals surface area contributed by atoms with E-state index in [-0.39, 0.29) is 35.7 Å². The summed E-state index contributed by atoms with van der Waals surface area (Å²) in [6, 6.07) is 11.8. The Kier molecular flexibility index (Phi) is 8.01. The van der Waals surface area contributed by atoms with Crippen LogP contribution in [-0.2, 0) is 14.4 Å². The van der Waals surface area contributed by atoms with Crippen LogP contribution in [0, 0.1) is 10.1 Å². The summed E-state index contributed by atoms with van der Waals surface area (Å²) in [5.41, 5.74) is 1.69. The first-order valence-electron chi connectivity index (χ1n) is 11.5. The third-order valence-electron chi connectivity index (χ3n) is 6.10. The number of carboxylic acids is 1. The van der Waals surface area contributed by atoms with Crippen LogP contribution in [0.15, 0.2) is 54.1 Å². The molecule has 9 nitrogen and oxygen atoms in total. The van der Waals surface area contributed by atoms with Crippen LogP contribution in [0.3, 0.4) is 0 Å². The van der Waals surface area contributed by atoms with E-state index in [4.69, 9.17) is 5.11 Å². The van der Waals surface area contributed by atoms with Gasteiger partial charge in [0.25, 0.3) is 17.4 Å². The van der Waals surface area contributed by atoms with Gasteiger partial charge in [-0.15, -0.1) is 0 Å². The van der Waals surface area contributed by atoms with Crippen molar-refractivity contribution in [1.29, 1.82) is 0 Å². The second-order valence-electron chi connectivity index (χ2n) is 8.82. The predicted octanol–water partition coefficient (Wildman–Crippen LogP) is 4.78. The highest BCUT2D eigenvalue weighted by Crippen LogP contribution is 2.40. The number of carbonyl (C=O) groups is 3. The molecule has 0 saturated carbocycles. The molecule has 2 aromatic rings. The molecular weight excluding hydrogens is 452 g/mol. The fourth-order valence-electron chi connectivity index (χ4n) is 4.15. The van der Waals surface area contributed by atoms with Crippen LogP contribution in [0.25, 0.3) is 5.76 Å². The van der Waals surface area contributed by atoms with Gasteiger partial charge < -0.3 is 15.1 Å². The number of aliphatic hydroxyl groups is 1. The Morgan fingerprint density at radius 3 is 2.17 bits per heavy atom. The molecule has 1 amide bonds. The smallest absolute Gasteiger partial charge is 0.303 e. The molecule has 2 N–H and O–H groups in total. The van der Waals surface area contributed by atoms with Crippen molar-refractivity contribution in [1.82, 2.24) is 4.90 Å². The monoisotopic (exact) mass is 480 g/mol. The zero-order valence-corrected chi connectivity index (χ0v) is 19.6. The Hall–Kier alpha value is -4.01. The number of aliphatic hydroxyl groups excluding tert-OH is 1. The zero-order chi connectivity index (χ0) is 25.7. The highest BCUT2D eigenvalue weighted by Gasteiger charge is 2.45. The van der Waals surface area contributed by atoms with Crippen molar-refractivity contribution in [3.8, 4) is 0 Å². The number of carbonyl (C=O) groups excluding carboxylic acids is 2. The largest absolute Gasteiger partial charge is 0.507 e. The molecule has 0 radical (unpaired) electrons. The van der Waals surface area contributed by atoms with E-state index in [2.05, 4.69) is 0 Å². The van der Waals surface area contributed by atoms with Gasteiger partial charge >= 0.3 is 5.97 Å². The second kappa shape index (κ2) is 10.9. The van der Waals surface area contributed by atoms with Crippen LogP contribution < -0.4 is 0 Å². The van der Waals surface area contributed by atoms with Crippen LogP contribution >= 0.6 is 0 Å². The van der Waals surface area contributed by atoms with Gasteiger partial charge in [0.15, 0.2) is 0 Å². The molecule has 0 aromatic heterocycles. The molecule has 0 aliphatic carbocycles. The van der Waals surface area contributed by atoms with E-state index in [1.165, 1.54) is 29.2 Å². The Morgan fingerprint density at radius 2 is 1.63 bits per heavy atom. The van der Waals surface area contributed by atoms with E-state index in [1.807, 2.05) is 38.1 Å². The number of nitrogens with zero attached hydrogens (tertiary/aromatic N) is 2. The maximum Gasteiger partial charge on any atom is 0.303 e. The van der Waals surface area contributed by atoms with E-state index in [1.54, 1.807) is 0 Å². The Bertz CT molecular complexity index is 1150. The van der Waals surface area contributed by atoms with E-state index >= 15 is 0 Å². The number of likely N-dealkylation sites (tertiary alicyclic amines) is 1. The van der Waals surface area contributed by atoms with Gasteiger partial charge in [-0.25, -0.2) is 0 Å². The van der Waals surface area contributed by atoms with Crippen molar-refractivity contribution in [2.75, 3.05) is 6.54 Å². The number of nitro groups is 1. The number of nitro benzene ring substituents is 1. The maximum absolute atomic E-state index is 13.0. The fourth-order valence-corrected chi connectivity index (χ4v) is 4.15. The molecule has 184 valence electrons. The van der Waals surface area contributed by atoms with Crippen molar-refractivity contribution < 1.29 is 29.5 Å². The molecule has 3 rings (SSSR count). The summed E-state index contributed by atoms with van der Waals surface area (Å²) < 4.78 is 0. The summed E-state index contributed by atoms with van der Waals surface area (Å²) in [7, 11) is 0. The van der Waals surface area contributed by atoms with Crippen LogP contribution in [0.1, 0.15) is 68.2 Å². The number of carboxylic acid groups (broad SMARTS) is 1. The third kappa shape index (κ3) is 5.74. The molecule has 1 aliphatic rings. The minimum absolute atomic E-state index is 0.0268. The standard InChI is InChI=1S/C26H28N2O7/c1-16(2)17-7-9-18(10-8-17)23-22(24(31)19-11-13-20(14-12-19)28(34)35)25(32)26(33)27(23)15-5-3-4-6-21(29)30/h7-14,16,23,31H,3-6,15H2,1-2H3,(H,29,30)/t23-/m1/s1. The normalized spacial score (nSPS) is 17.2. The van der Waals surface area contributed by atoms with E-state index in [0.717, 1.165) is 5.56 Å². The molecule has 1 fully saturated rings. The van der Waals surface area contributed by atoms with Crippen molar-refractivity contribution in [2.24, 2.45) is 0 Å². The van der Waals surface area contributed by atoms with Crippen LogP contribution in [0.4, 0.5) is 5.69 Å². The van der Waals surface area contributed by atoms with E-state index < -0.39 is 34.4 Å². The summed E-state index contributed by atoms with van der Waals surface area (Å²) in [5.74, 6) is -2.58. The lowest BCUT2D eigenvalue weighted by Gasteiger charge is -2.25. The SMILES string of the molecule is CC(C)c1ccc([C@@H]2C(=C(O)c3ccc([N+](=O)[O-])cc3)C(=O)C(=O)N2CCCCCC(=O)O)cc1. The number of hydrogen-bond donors (Lipinski definition) is 2. The van der Waals surface area contributed by atoms with Gasteiger partial charge in [-0.2, -0.15) is 0 Å². The quantitative estimate of drug-likeness (QED) is 0.125. The fraction of sp³-hybridized carbons (Fsp3) is 0.346. The molecule has 9 heteroatoms. The number of hydrogen-bond acceptors (Lipinski definition) is 6. The molecule has 1 aliphatic heterocycles. The van der Waals surface area contributed by atoms with Gasteiger partial charge in [0.05, 0.1) is 16.5 Å². The Morgan fingerprint density at radius 1 is 1.00 bits per heavy atom. The highest BCUT2D eigenvalue weighted by atomic mass is 16.6. The summed E-state index contributed by atoms with van der Waals surface area (Å²) in [6.45, 7) is 4.32. The first-order valence-corrected chi connectivity index (χ1v) is 11.5. The summed E-state index contributed by atoms with van der Waals surface area (Å²) in [4.78, 5) is 48.6. The number of aliphatic carboxylic acids is 1. The molecule has 0 spiro atoms. The first-order chi connectivity index (χ1) is 16.6. The third-order valence-corrected chi connectivity index (χ3v) is 6.10. The molecule has 2 aromatic carbocycles. The van der Waals surface area contributed by atoms with E-state index in [0.29, 0.717) is 24.8 Å². The van der Waals surface area contributed by atoms with Crippen molar-refractivity contribution >= 4 is 29.1 Å². The first kappa shape index (κ1) is 25.6. The highest BCUT2D eigenvalue weighted by molar-refractivity contribution is 6.46. The predicted molar refractivity (Wildman–Crippen MR) is 129 cm³/mol. The van der Waals surface area contributed by atoms with Gasteiger partial charge in [-0.05, 0) is 42.0 Å². The van der Waals surface area contributed by atoms with Gasteiger partial charge in [-0.1, -0.05) is 44.5 Å². The minimum atomic E-state index is -0.890. The molecule has 1 heterocycles. The lowest BCUT2D eigenvalue weighted by Crippen LogP contribution is -2.30. The minimum Gasteiger partial charge on any atom is -0.507 e. The molecule has 35 heavy (non-hydrogen) atoms. The van der Waals surface area contributed by atoms with Crippen molar-refractivity contribution in [3.05, 3.63) is 80.9 Å². The second-order valence-corrected chi connectivity index (χ2v) is 8.82. The van der Waals surface area contributed by atoms with Gasteiger partial charge in [-0.3, -0.25) is 24.5 Å². The summed E-state index contributed by atoms with van der Waals surface area (Å²) >= 11 is 0. The van der Waals surface area contributed by atoms with Gasteiger partial charge in [0, 0.05) is 30.7 Å². The van der Waals surface area contributed by atoms with Crippen molar-refractivity contribution in [3.63, 3.8) is 0 Å². The summed E-state index contributed by atoms with van der Waals surface area (Å²) in [5, 5.41) is 30.8. The average Bonchev–Trinajstić information content (AvgIpc) is 3.08. The molecule has 0 unspecified atom stereocenters.